The molecule has 2 heterocycles. The Kier molecular flexibility index (Phi) is 14.0. The molecule has 34 heavy (non-hydrogen) atoms. The maximum atomic E-state index is 13.0. The minimum atomic E-state index is -0.542. The van der Waals surface area contributed by atoms with Gasteiger partial charge in [0.25, 0.3) is 0 Å². The van der Waals surface area contributed by atoms with Gasteiger partial charge in [-0.2, -0.15) is 0 Å². The molecular formula is C28H40N2O4. The first-order valence-electron chi connectivity index (χ1n) is 12.1. The van der Waals surface area contributed by atoms with Crippen LogP contribution in [0.3, 0.4) is 0 Å². The molecule has 2 unspecified atom stereocenters. The van der Waals surface area contributed by atoms with Crippen molar-refractivity contribution < 1.29 is 19.7 Å². The molecule has 0 aliphatic carbocycles. The molecule has 2 atom stereocenters. The molecule has 0 saturated carbocycles. The summed E-state index contributed by atoms with van der Waals surface area (Å²) in [5, 5.41) is 19.5. The molecule has 1 fully saturated rings. The smallest absolute Gasteiger partial charge is 0.310 e. The van der Waals surface area contributed by atoms with Gasteiger partial charge < -0.3 is 19.8 Å². The summed E-state index contributed by atoms with van der Waals surface area (Å²) in [6.07, 6.45) is 9.57. The Morgan fingerprint density at radius 3 is 2.41 bits per heavy atom. The van der Waals surface area contributed by atoms with Crippen molar-refractivity contribution in [2.75, 3.05) is 19.6 Å². The fraction of sp³-hybridized carbons (Fsp3) is 0.429. The Hall–Kier alpha value is -3.12. The lowest BCUT2D eigenvalue weighted by Gasteiger charge is -2.25. The highest BCUT2D eigenvalue weighted by atomic mass is 16.5. The lowest BCUT2D eigenvalue weighted by Crippen LogP contribution is -2.33. The summed E-state index contributed by atoms with van der Waals surface area (Å²) >= 11 is 0. The maximum absolute atomic E-state index is 13.0. The number of aromatic hydroxyl groups is 2. The number of benzene rings is 1. The van der Waals surface area contributed by atoms with Gasteiger partial charge in [0.2, 0.25) is 0 Å². The largest absolute Gasteiger partial charge is 0.504 e. The van der Waals surface area contributed by atoms with Crippen LogP contribution in [0.4, 0.5) is 0 Å². The number of phenolic OH excluding ortho intramolecular Hbond substituents is 2. The number of carbonyl (C=O) groups is 1. The number of phenols is 2. The summed E-state index contributed by atoms with van der Waals surface area (Å²) < 4.78 is 5.94. The van der Waals surface area contributed by atoms with Crippen LogP contribution < -0.4 is 0 Å². The van der Waals surface area contributed by atoms with Crippen LogP contribution in [-0.4, -0.2) is 45.7 Å². The van der Waals surface area contributed by atoms with Crippen molar-refractivity contribution in [1.82, 2.24) is 9.88 Å². The van der Waals surface area contributed by atoms with E-state index in [1.807, 2.05) is 26.0 Å². The molecule has 1 aliphatic heterocycles. The zero-order valence-corrected chi connectivity index (χ0v) is 20.8. The van der Waals surface area contributed by atoms with Gasteiger partial charge in [-0.15, -0.1) is 0 Å². The van der Waals surface area contributed by atoms with Gasteiger partial charge in [-0.1, -0.05) is 58.6 Å². The number of ether oxygens (including phenoxy) is 1. The number of nitrogens with zero attached hydrogens (tertiary/aromatic N) is 2. The quantitative estimate of drug-likeness (QED) is 0.302. The van der Waals surface area contributed by atoms with Gasteiger partial charge in [-0.3, -0.25) is 9.78 Å². The van der Waals surface area contributed by atoms with Crippen LogP contribution in [0.15, 0.2) is 68.0 Å². The van der Waals surface area contributed by atoms with Crippen molar-refractivity contribution in [3.05, 3.63) is 79.2 Å². The van der Waals surface area contributed by atoms with Crippen LogP contribution in [0, 0.1) is 5.92 Å². The fourth-order valence-corrected chi connectivity index (χ4v) is 3.64. The molecule has 0 spiro atoms. The second-order valence-electron chi connectivity index (χ2n) is 7.79. The molecule has 0 amide bonds. The Morgan fingerprint density at radius 1 is 1.15 bits per heavy atom. The average molecular weight is 469 g/mol. The standard InChI is InChI=1S/C22H28N2O4.C4H6.C2H6/c1-2-24-12-4-3-5-18(15-24)22(27)28-21(13-16-8-10-23-11-9-16)17-6-7-19(25)20(26)14-17;1-3-4-2;1-2/h6-11,14,18,21,25-26H,2-5,12-13,15H2,1H3;3-4H,1-2H2;1-2H3. The molecule has 1 aromatic heterocycles. The molecule has 1 aromatic carbocycles. The van der Waals surface area contributed by atoms with E-state index in [0.717, 1.165) is 44.5 Å². The summed E-state index contributed by atoms with van der Waals surface area (Å²) in [6.45, 7) is 15.5. The van der Waals surface area contributed by atoms with Crippen molar-refractivity contribution in [2.45, 2.75) is 52.6 Å². The van der Waals surface area contributed by atoms with Crippen molar-refractivity contribution in [3.63, 3.8) is 0 Å². The summed E-state index contributed by atoms with van der Waals surface area (Å²) in [5.74, 6) is -0.764. The summed E-state index contributed by atoms with van der Waals surface area (Å²) in [6, 6.07) is 8.32. The van der Waals surface area contributed by atoms with Crippen LogP contribution in [0.2, 0.25) is 0 Å². The van der Waals surface area contributed by atoms with Gasteiger partial charge in [0.1, 0.15) is 6.10 Å². The Balaban J connectivity index is 0.000000872. The Morgan fingerprint density at radius 2 is 1.82 bits per heavy atom. The third kappa shape index (κ3) is 9.79. The Bertz CT molecular complexity index is 864. The van der Waals surface area contributed by atoms with E-state index in [9.17, 15) is 15.0 Å². The monoisotopic (exact) mass is 468 g/mol. The van der Waals surface area contributed by atoms with Gasteiger partial charge in [0, 0.05) is 25.4 Å². The number of hydrogen-bond acceptors (Lipinski definition) is 6. The van der Waals surface area contributed by atoms with E-state index in [1.165, 1.54) is 12.1 Å². The van der Waals surface area contributed by atoms with Gasteiger partial charge in [0.05, 0.1) is 5.92 Å². The van der Waals surface area contributed by atoms with E-state index < -0.39 is 6.10 Å². The first-order valence-corrected chi connectivity index (χ1v) is 12.1. The van der Waals surface area contributed by atoms with E-state index in [0.29, 0.717) is 12.0 Å². The molecule has 1 saturated heterocycles. The van der Waals surface area contributed by atoms with Crippen LogP contribution in [0.1, 0.15) is 57.3 Å². The van der Waals surface area contributed by atoms with Gasteiger partial charge in [0.15, 0.2) is 11.5 Å². The first-order chi connectivity index (χ1) is 16.5. The van der Waals surface area contributed by atoms with E-state index >= 15 is 0 Å². The van der Waals surface area contributed by atoms with Crippen LogP contribution in [-0.2, 0) is 16.0 Å². The first kappa shape index (κ1) is 28.9. The molecule has 1 aliphatic rings. The molecule has 0 bridgehead atoms. The van der Waals surface area contributed by atoms with Crippen molar-refractivity contribution in [1.29, 1.82) is 0 Å². The number of rotatable bonds is 7. The number of allylic oxidation sites excluding steroid dienone is 2. The van der Waals surface area contributed by atoms with Crippen LogP contribution in [0.25, 0.3) is 0 Å². The van der Waals surface area contributed by atoms with E-state index in [1.54, 1.807) is 30.6 Å². The van der Waals surface area contributed by atoms with E-state index in [2.05, 4.69) is 30.0 Å². The third-order valence-corrected chi connectivity index (χ3v) is 5.50. The summed E-state index contributed by atoms with van der Waals surface area (Å²) in [4.78, 5) is 19.3. The highest BCUT2D eigenvalue weighted by Gasteiger charge is 2.28. The number of pyridine rings is 1. The minimum Gasteiger partial charge on any atom is -0.504 e. The average Bonchev–Trinajstić information content (AvgIpc) is 3.13. The molecule has 2 N–H and O–H groups in total. The summed E-state index contributed by atoms with van der Waals surface area (Å²) in [5.41, 5.74) is 1.64. The second kappa shape index (κ2) is 16.5. The number of likely N-dealkylation sites (tertiary alicyclic amines) is 1. The highest BCUT2D eigenvalue weighted by molar-refractivity contribution is 5.73. The predicted molar refractivity (Wildman–Crippen MR) is 138 cm³/mol. The molecule has 186 valence electrons. The molecule has 0 radical (unpaired) electrons. The minimum absolute atomic E-state index is 0.145. The van der Waals surface area contributed by atoms with Crippen molar-refractivity contribution >= 4 is 5.97 Å². The van der Waals surface area contributed by atoms with E-state index in [-0.39, 0.29) is 23.4 Å². The molecule has 2 aromatic rings. The third-order valence-electron chi connectivity index (χ3n) is 5.50. The second-order valence-corrected chi connectivity index (χ2v) is 7.79. The molecular weight excluding hydrogens is 428 g/mol. The maximum Gasteiger partial charge on any atom is 0.310 e. The topological polar surface area (TPSA) is 82.9 Å². The lowest BCUT2D eigenvalue weighted by molar-refractivity contribution is -0.155. The van der Waals surface area contributed by atoms with Crippen LogP contribution in [0.5, 0.6) is 11.5 Å². The number of carbonyl (C=O) groups excluding carboxylic acids is 1. The zero-order chi connectivity index (χ0) is 25.3. The molecule has 6 nitrogen and oxygen atoms in total. The molecule has 3 rings (SSSR count). The van der Waals surface area contributed by atoms with Gasteiger partial charge in [-0.05, 0) is 61.3 Å². The molecule has 6 heteroatoms. The number of esters is 1. The zero-order valence-electron chi connectivity index (χ0n) is 20.8. The fourth-order valence-electron chi connectivity index (χ4n) is 3.64. The van der Waals surface area contributed by atoms with Crippen molar-refractivity contribution in [3.8, 4) is 11.5 Å². The predicted octanol–water partition coefficient (Wildman–Crippen LogP) is 5.83. The summed E-state index contributed by atoms with van der Waals surface area (Å²) in [7, 11) is 0. The highest BCUT2D eigenvalue weighted by Crippen LogP contribution is 2.32. The normalized spacial score (nSPS) is 16.4. The van der Waals surface area contributed by atoms with E-state index in [4.69, 9.17) is 4.74 Å². The van der Waals surface area contributed by atoms with Crippen LogP contribution >= 0.6 is 0 Å². The number of aromatic nitrogens is 1. The number of hydrogen-bond donors (Lipinski definition) is 2. The lowest BCUT2D eigenvalue weighted by atomic mass is 10.00. The SMILES string of the molecule is C=CC=C.CC.CCN1CCCCC(C(=O)OC(Cc2ccncc2)c2ccc(O)c(O)c2)C1. The van der Waals surface area contributed by atoms with Crippen molar-refractivity contribution in [2.24, 2.45) is 5.92 Å². The van der Waals surface area contributed by atoms with Gasteiger partial charge in [-0.25, -0.2) is 0 Å². The van der Waals surface area contributed by atoms with Gasteiger partial charge >= 0.3 is 5.97 Å². The Labute approximate surface area is 204 Å².